The minimum absolute atomic E-state index is 0.250. The second-order valence-electron chi connectivity index (χ2n) is 6.03. The van der Waals surface area contributed by atoms with Gasteiger partial charge >= 0.3 is 0 Å². The molecular weight excluding hydrogens is 364 g/mol. The van der Waals surface area contributed by atoms with Crippen LogP contribution in [0.3, 0.4) is 0 Å². The van der Waals surface area contributed by atoms with Gasteiger partial charge in [0, 0.05) is 50.2 Å². The molecule has 0 unspecified atom stereocenters. The van der Waals surface area contributed by atoms with Crippen LogP contribution in [0, 0.1) is 6.92 Å². The standard InChI is InChI=1S/C16H24N6.2CH2O2/c1-3-15-18-16(20-19-15)12-21-7-4-8-22(10-9-21)14-5-6-17-13(2)11-14;2*2-1-3/h5-6,11H,3-4,7-10,12H2,1-2H3,(H,18,19,20);2*1H,(H,2,3). The Bertz CT molecular complexity index is 703. The first-order valence-corrected chi connectivity index (χ1v) is 9.03. The minimum atomic E-state index is -0.250. The average Bonchev–Trinajstić information content (AvgIpc) is 3.00. The summed E-state index contributed by atoms with van der Waals surface area (Å²) < 4.78 is 0. The molecule has 1 aliphatic rings. The minimum Gasteiger partial charge on any atom is -0.483 e. The van der Waals surface area contributed by atoms with Gasteiger partial charge in [-0.05, 0) is 25.5 Å². The molecule has 10 heteroatoms. The fourth-order valence-electron chi connectivity index (χ4n) is 2.89. The lowest BCUT2D eigenvalue weighted by Crippen LogP contribution is -2.30. The second kappa shape index (κ2) is 13.2. The lowest BCUT2D eigenvalue weighted by Gasteiger charge is -2.23. The van der Waals surface area contributed by atoms with Gasteiger partial charge in [0.1, 0.15) is 11.6 Å². The van der Waals surface area contributed by atoms with Crippen LogP contribution in [0.4, 0.5) is 5.69 Å². The summed E-state index contributed by atoms with van der Waals surface area (Å²) in [4.78, 5) is 30.4. The summed E-state index contributed by atoms with van der Waals surface area (Å²) in [5.41, 5.74) is 2.36. The van der Waals surface area contributed by atoms with Crippen LogP contribution in [0.25, 0.3) is 0 Å². The van der Waals surface area contributed by atoms with E-state index in [-0.39, 0.29) is 12.9 Å². The van der Waals surface area contributed by atoms with Crippen molar-refractivity contribution in [3.8, 4) is 0 Å². The summed E-state index contributed by atoms with van der Waals surface area (Å²) in [7, 11) is 0. The quantitative estimate of drug-likeness (QED) is 0.655. The number of carbonyl (C=O) groups is 2. The summed E-state index contributed by atoms with van der Waals surface area (Å²) in [5.74, 6) is 1.88. The Labute approximate surface area is 164 Å². The van der Waals surface area contributed by atoms with E-state index in [1.165, 1.54) is 5.69 Å². The molecule has 3 heterocycles. The van der Waals surface area contributed by atoms with Gasteiger partial charge < -0.3 is 15.1 Å². The molecule has 0 saturated carbocycles. The van der Waals surface area contributed by atoms with E-state index >= 15 is 0 Å². The van der Waals surface area contributed by atoms with Crippen LogP contribution in [-0.4, -0.2) is 74.4 Å². The molecule has 0 aromatic carbocycles. The van der Waals surface area contributed by atoms with Crippen molar-refractivity contribution in [1.29, 1.82) is 0 Å². The van der Waals surface area contributed by atoms with Gasteiger partial charge in [-0.1, -0.05) is 6.92 Å². The summed E-state index contributed by atoms with van der Waals surface area (Å²) in [5, 5.41) is 21.0. The van der Waals surface area contributed by atoms with Gasteiger partial charge in [-0.15, -0.1) is 0 Å². The topological polar surface area (TPSA) is 136 Å². The van der Waals surface area contributed by atoms with Crippen molar-refractivity contribution in [2.45, 2.75) is 33.2 Å². The highest BCUT2D eigenvalue weighted by molar-refractivity contribution is 5.46. The summed E-state index contributed by atoms with van der Waals surface area (Å²) in [6, 6.07) is 4.27. The SMILES string of the molecule is CCc1n[nH]c(CN2CCCN(c3ccnc(C)c3)CC2)n1.O=CO.O=CO. The molecule has 0 radical (unpaired) electrons. The van der Waals surface area contributed by atoms with Gasteiger partial charge in [-0.25, -0.2) is 4.98 Å². The van der Waals surface area contributed by atoms with Crippen molar-refractivity contribution in [2.75, 3.05) is 31.1 Å². The molecule has 154 valence electrons. The molecule has 0 amide bonds. The van der Waals surface area contributed by atoms with Crippen molar-refractivity contribution < 1.29 is 19.8 Å². The van der Waals surface area contributed by atoms with Crippen LogP contribution in [-0.2, 0) is 22.6 Å². The van der Waals surface area contributed by atoms with E-state index in [0.29, 0.717) is 0 Å². The fourth-order valence-corrected chi connectivity index (χ4v) is 2.89. The number of anilines is 1. The third kappa shape index (κ3) is 8.12. The van der Waals surface area contributed by atoms with Crippen molar-refractivity contribution in [3.05, 3.63) is 35.7 Å². The number of aromatic nitrogens is 4. The Morgan fingerprint density at radius 1 is 1.18 bits per heavy atom. The lowest BCUT2D eigenvalue weighted by molar-refractivity contribution is -0.123. The first-order valence-electron chi connectivity index (χ1n) is 9.03. The zero-order valence-corrected chi connectivity index (χ0v) is 16.3. The van der Waals surface area contributed by atoms with Gasteiger partial charge in [-0.3, -0.25) is 24.6 Å². The van der Waals surface area contributed by atoms with E-state index in [1.807, 2.05) is 13.1 Å². The number of hydrogen-bond donors (Lipinski definition) is 3. The molecule has 1 saturated heterocycles. The number of nitrogens with one attached hydrogen (secondary N) is 1. The number of pyridine rings is 1. The average molecular weight is 392 g/mol. The van der Waals surface area contributed by atoms with Crippen LogP contribution < -0.4 is 4.90 Å². The first kappa shape index (κ1) is 23.0. The van der Waals surface area contributed by atoms with Gasteiger partial charge in [0.15, 0.2) is 0 Å². The number of aromatic amines is 1. The number of aryl methyl sites for hydroxylation is 2. The molecule has 0 atom stereocenters. The van der Waals surface area contributed by atoms with E-state index < -0.39 is 0 Å². The maximum absolute atomic E-state index is 8.36. The largest absolute Gasteiger partial charge is 0.483 e. The maximum atomic E-state index is 8.36. The molecule has 0 aliphatic carbocycles. The smallest absolute Gasteiger partial charge is 0.290 e. The van der Waals surface area contributed by atoms with Crippen LogP contribution in [0.15, 0.2) is 18.3 Å². The highest BCUT2D eigenvalue weighted by atomic mass is 16.3. The first-order chi connectivity index (χ1) is 13.6. The molecule has 0 bridgehead atoms. The van der Waals surface area contributed by atoms with E-state index in [1.54, 1.807) is 0 Å². The molecule has 2 aromatic heterocycles. The van der Waals surface area contributed by atoms with Gasteiger partial charge in [-0.2, -0.15) is 5.10 Å². The fraction of sp³-hybridized carbons (Fsp3) is 0.500. The van der Waals surface area contributed by atoms with Crippen molar-refractivity contribution in [2.24, 2.45) is 0 Å². The van der Waals surface area contributed by atoms with Crippen LogP contribution >= 0.6 is 0 Å². The molecule has 0 spiro atoms. The Morgan fingerprint density at radius 3 is 2.50 bits per heavy atom. The highest BCUT2D eigenvalue weighted by Gasteiger charge is 2.16. The van der Waals surface area contributed by atoms with Crippen molar-refractivity contribution in [3.63, 3.8) is 0 Å². The lowest BCUT2D eigenvalue weighted by atomic mass is 10.3. The van der Waals surface area contributed by atoms with Crippen molar-refractivity contribution >= 4 is 18.6 Å². The summed E-state index contributed by atoms with van der Waals surface area (Å²) in [6.45, 7) is 8.76. The zero-order chi connectivity index (χ0) is 20.8. The number of carboxylic acid groups (broad SMARTS) is 2. The second-order valence-corrected chi connectivity index (χ2v) is 6.03. The maximum Gasteiger partial charge on any atom is 0.290 e. The Kier molecular flexibility index (Phi) is 10.9. The highest BCUT2D eigenvalue weighted by Crippen LogP contribution is 2.17. The van der Waals surface area contributed by atoms with Crippen molar-refractivity contribution in [1.82, 2.24) is 25.1 Å². The number of nitrogens with zero attached hydrogens (tertiary/aromatic N) is 5. The zero-order valence-electron chi connectivity index (χ0n) is 16.3. The predicted molar refractivity (Wildman–Crippen MR) is 104 cm³/mol. The molecule has 1 fully saturated rings. The molecule has 28 heavy (non-hydrogen) atoms. The van der Waals surface area contributed by atoms with Crippen LogP contribution in [0.2, 0.25) is 0 Å². The molecule has 10 nitrogen and oxygen atoms in total. The van der Waals surface area contributed by atoms with Crippen LogP contribution in [0.1, 0.15) is 30.7 Å². The normalized spacial score (nSPS) is 14.0. The van der Waals surface area contributed by atoms with Crippen LogP contribution in [0.5, 0.6) is 0 Å². The number of hydrogen-bond acceptors (Lipinski definition) is 7. The Hall–Kier alpha value is -3.01. The summed E-state index contributed by atoms with van der Waals surface area (Å²) >= 11 is 0. The third-order valence-electron chi connectivity index (χ3n) is 4.10. The Morgan fingerprint density at radius 2 is 1.89 bits per heavy atom. The van der Waals surface area contributed by atoms with E-state index in [0.717, 1.165) is 62.9 Å². The monoisotopic (exact) mass is 392 g/mol. The summed E-state index contributed by atoms with van der Waals surface area (Å²) in [6.07, 6.45) is 3.94. The number of rotatable bonds is 4. The molecule has 3 N–H and O–H groups in total. The third-order valence-corrected chi connectivity index (χ3v) is 4.10. The number of H-pyrrole nitrogens is 1. The molecule has 1 aliphatic heterocycles. The van der Waals surface area contributed by atoms with E-state index in [9.17, 15) is 0 Å². The molecular formula is C18H28N6O4. The molecule has 2 aromatic rings. The van der Waals surface area contributed by atoms with Gasteiger partial charge in [0.05, 0.1) is 6.54 Å². The van der Waals surface area contributed by atoms with Gasteiger partial charge in [0.2, 0.25) is 0 Å². The predicted octanol–water partition coefficient (Wildman–Crippen LogP) is 1.18. The van der Waals surface area contributed by atoms with Gasteiger partial charge in [0.25, 0.3) is 12.9 Å². The van der Waals surface area contributed by atoms with E-state index in [4.69, 9.17) is 19.8 Å². The van der Waals surface area contributed by atoms with E-state index in [2.05, 4.69) is 49.0 Å². The molecule has 3 rings (SSSR count). The Balaban J connectivity index is 0.000000582.